The van der Waals surface area contributed by atoms with Gasteiger partial charge >= 0.3 is 6.09 Å². The number of carbonyl (C=O) groups excluding carboxylic acids is 1. The van der Waals surface area contributed by atoms with Gasteiger partial charge in [-0.1, -0.05) is 0 Å². The monoisotopic (exact) mass is 494 g/mol. The van der Waals surface area contributed by atoms with Gasteiger partial charge in [-0.2, -0.15) is 8.42 Å². The van der Waals surface area contributed by atoms with E-state index < -0.39 is 15.7 Å². The van der Waals surface area contributed by atoms with E-state index >= 15 is 0 Å². The number of hydrogen-bond donors (Lipinski definition) is 0. The molecule has 3 heterocycles. The number of likely N-dealkylation sites (tertiary alicyclic amines) is 1. The second-order valence-corrected chi connectivity index (χ2v) is 12.4. The molecule has 8 nitrogen and oxygen atoms in total. The van der Waals surface area contributed by atoms with Crippen molar-refractivity contribution in [2.75, 3.05) is 19.3 Å². The van der Waals surface area contributed by atoms with Crippen molar-refractivity contribution in [1.29, 1.82) is 0 Å². The smallest absolute Gasteiger partial charge is 0.410 e. The molecular weight excluding hydrogens is 464 g/mol. The second-order valence-electron chi connectivity index (χ2n) is 9.67. The van der Waals surface area contributed by atoms with Gasteiger partial charge in [-0.15, -0.1) is 11.3 Å². The largest absolute Gasteiger partial charge is 0.487 e. The van der Waals surface area contributed by atoms with Crippen molar-refractivity contribution >= 4 is 27.5 Å². The van der Waals surface area contributed by atoms with Crippen molar-refractivity contribution in [1.82, 2.24) is 9.88 Å². The van der Waals surface area contributed by atoms with E-state index in [1.807, 2.05) is 32.9 Å². The van der Waals surface area contributed by atoms with Crippen molar-refractivity contribution in [3.05, 3.63) is 34.8 Å². The topological polar surface area (TPSA) is 95.0 Å². The van der Waals surface area contributed by atoms with E-state index in [-0.39, 0.29) is 18.3 Å². The average Bonchev–Trinajstić information content (AvgIpc) is 3.20. The second kappa shape index (κ2) is 8.88. The Morgan fingerprint density at radius 3 is 2.64 bits per heavy atom. The highest BCUT2D eigenvalue weighted by Gasteiger charge is 2.41. The molecule has 0 saturated carbocycles. The van der Waals surface area contributed by atoms with E-state index in [9.17, 15) is 13.2 Å². The Balaban J connectivity index is 1.39. The molecule has 1 amide bonds. The van der Waals surface area contributed by atoms with Crippen LogP contribution in [0.25, 0.3) is 10.6 Å². The molecule has 2 aliphatic heterocycles. The molecule has 0 N–H and O–H groups in total. The van der Waals surface area contributed by atoms with E-state index in [0.717, 1.165) is 58.7 Å². The van der Waals surface area contributed by atoms with Crippen molar-refractivity contribution < 1.29 is 26.9 Å². The minimum Gasteiger partial charge on any atom is -0.487 e. The number of thiazole rings is 1. The van der Waals surface area contributed by atoms with Crippen LogP contribution in [-0.4, -0.2) is 54.9 Å². The van der Waals surface area contributed by atoms with Gasteiger partial charge in [-0.3, -0.25) is 4.18 Å². The van der Waals surface area contributed by atoms with Gasteiger partial charge in [-0.05, 0) is 57.4 Å². The summed E-state index contributed by atoms with van der Waals surface area (Å²) in [5.74, 6) is 0.882. The van der Waals surface area contributed by atoms with Gasteiger partial charge in [0, 0.05) is 37.7 Å². The maximum absolute atomic E-state index is 12.4. The molecule has 0 bridgehead atoms. The summed E-state index contributed by atoms with van der Waals surface area (Å²) in [7, 11) is -3.49. The summed E-state index contributed by atoms with van der Waals surface area (Å²) in [4.78, 5) is 19.3. The quantitative estimate of drug-likeness (QED) is 0.582. The van der Waals surface area contributed by atoms with Gasteiger partial charge in [0.25, 0.3) is 10.1 Å². The summed E-state index contributed by atoms with van der Waals surface area (Å²) >= 11 is 1.41. The van der Waals surface area contributed by atoms with Crippen molar-refractivity contribution in [3.63, 3.8) is 0 Å². The minimum absolute atomic E-state index is 0.00656. The van der Waals surface area contributed by atoms with Gasteiger partial charge < -0.3 is 14.4 Å². The average molecular weight is 495 g/mol. The third kappa shape index (κ3) is 6.04. The molecule has 0 radical (unpaired) electrons. The number of fused-ring (bicyclic) bond motifs is 1. The summed E-state index contributed by atoms with van der Waals surface area (Å²) in [5, 5.41) is 0.816. The molecule has 1 spiro atoms. The van der Waals surface area contributed by atoms with E-state index in [1.54, 1.807) is 11.1 Å². The fourth-order valence-corrected chi connectivity index (χ4v) is 5.34. The van der Waals surface area contributed by atoms with E-state index in [4.69, 9.17) is 13.7 Å². The number of carbonyl (C=O) groups is 1. The van der Waals surface area contributed by atoms with Gasteiger partial charge in [0.05, 0.1) is 11.1 Å². The summed E-state index contributed by atoms with van der Waals surface area (Å²) in [5.41, 5.74) is 1.37. The lowest BCUT2D eigenvalue weighted by molar-refractivity contribution is -0.0272. The highest BCUT2D eigenvalue weighted by Crippen LogP contribution is 2.41. The van der Waals surface area contributed by atoms with Crippen LogP contribution in [0.5, 0.6) is 5.75 Å². The van der Waals surface area contributed by atoms with Crippen LogP contribution in [0, 0.1) is 0 Å². The zero-order valence-electron chi connectivity index (χ0n) is 19.4. The predicted molar refractivity (Wildman–Crippen MR) is 126 cm³/mol. The molecule has 10 heteroatoms. The minimum atomic E-state index is -3.49. The highest BCUT2D eigenvalue weighted by atomic mass is 32.2. The molecule has 1 aromatic carbocycles. The zero-order valence-corrected chi connectivity index (χ0v) is 21.1. The molecule has 1 fully saturated rings. The molecule has 4 rings (SSSR count). The molecule has 0 unspecified atom stereocenters. The Hall–Kier alpha value is -2.17. The first kappa shape index (κ1) is 24.0. The Morgan fingerprint density at radius 1 is 1.24 bits per heavy atom. The summed E-state index contributed by atoms with van der Waals surface area (Å²) in [6.45, 7) is 6.87. The summed E-state index contributed by atoms with van der Waals surface area (Å²) in [6.07, 6.45) is 5.78. The highest BCUT2D eigenvalue weighted by molar-refractivity contribution is 7.85. The summed E-state index contributed by atoms with van der Waals surface area (Å²) < 4.78 is 39.2. The van der Waals surface area contributed by atoms with Crippen LogP contribution in [-0.2, 0) is 32.1 Å². The number of rotatable bonds is 4. The maximum atomic E-state index is 12.4. The fraction of sp³-hybridized carbons (Fsp3) is 0.565. The van der Waals surface area contributed by atoms with Crippen LogP contribution in [0.3, 0.4) is 0 Å². The summed E-state index contributed by atoms with van der Waals surface area (Å²) in [6, 6.07) is 6.06. The van der Waals surface area contributed by atoms with Crippen molar-refractivity contribution in [2.45, 2.75) is 64.3 Å². The SMILES string of the molecule is CC(C)(C)OC(=O)N1CCC2(CCc3cc(-c4ncc(COS(C)(=O)=O)s4)ccc3O2)CC1. The lowest BCUT2D eigenvalue weighted by Crippen LogP contribution is -2.52. The first-order valence-electron chi connectivity index (χ1n) is 11.0. The van der Waals surface area contributed by atoms with Crippen LogP contribution < -0.4 is 4.74 Å². The molecule has 1 saturated heterocycles. The molecule has 0 aliphatic carbocycles. The zero-order chi connectivity index (χ0) is 23.9. The predicted octanol–water partition coefficient (Wildman–Crippen LogP) is 4.38. The van der Waals surface area contributed by atoms with Crippen LogP contribution >= 0.6 is 11.3 Å². The molecule has 1 aromatic heterocycles. The number of amides is 1. The van der Waals surface area contributed by atoms with Crippen LogP contribution in [0.15, 0.2) is 24.4 Å². The van der Waals surface area contributed by atoms with Gasteiger partial charge in [0.2, 0.25) is 0 Å². The number of aryl methyl sites for hydroxylation is 1. The Labute approximate surface area is 199 Å². The van der Waals surface area contributed by atoms with E-state index in [0.29, 0.717) is 13.1 Å². The van der Waals surface area contributed by atoms with Crippen LogP contribution in [0.4, 0.5) is 4.79 Å². The maximum Gasteiger partial charge on any atom is 0.410 e. The van der Waals surface area contributed by atoms with E-state index in [2.05, 4.69) is 11.1 Å². The number of ether oxygens (including phenoxy) is 2. The molecule has 180 valence electrons. The van der Waals surface area contributed by atoms with Crippen LogP contribution in [0.2, 0.25) is 0 Å². The Morgan fingerprint density at radius 2 is 1.97 bits per heavy atom. The number of benzene rings is 1. The third-order valence-electron chi connectivity index (χ3n) is 5.78. The fourth-order valence-electron chi connectivity index (χ4n) is 4.10. The van der Waals surface area contributed by atoms with Crippen molar-refractivity contribution in [2.24, 2.45) is 0 Å². The van der Waals surface area contributed by atoms with E-state index in [1.165, 1.54) is 11.3 Å². The Kier molecular flexibility index (Phi) is 6.45. The van der Waals surface area contributed by atoms with Gasteiger partial charge in [0.15, 0.2) is 0 Å². The number of nitrogens with zero attached hydrogens (tertiary/aromatic N) is 2. The number of aromatic nitrogens is 1. The molecule has 2 aromatic rings. The molecule has 0 atom stereocenters. The number of hydrogen-bond acceptors (Lipinski definition) is 8. The lowest BCUT2D eigenvalue weighted by Gasteiger charge is -2.44. The first-order chi connectivity index (χ1) is 15.4. The third-order valence-corrected chi connectivity index (χ3v) is 7.34. The van der Waals surface area contributed by atoms with Gasteiger partial charge in [0.1, 0.15) is 28.6 Å². The standard InChI is InChI=1S/C23H30N2O6S2/c1-22(2,3)31-21(26)25-11-9-23(10-12-25)8-7-16-13-17(5-6-19(16)30-23)20-24-14-18(32-20)15-29-33(4,27)28/h5-6,13-14H,7-12,15H2,1-4H3. The molecule has 33 heavy (non-hydrogen) atoms. The van der Waals surface area contributed by atoms with Gasteiger partial charge in [-0.25, -0.2) is 9.78 Å². The normalized spacial score (nSPS) is 18.0. The van der Waals surface area contributed by atoms with Crippen molar-refractivity contribution in [3.8, 4) is 16.3 Å². The molecule has 2 aliphatic rings. The van der Waals surface area contributed by atoms with Crippen LogP contribution in [0.1, 0.15) is 50.5 Å². The molecular formula is C23H30N2O6S2. The lowest BCUT2D eigenvalue weighted by atomic mass is 9.83. The number of piperidine rings is 1. The first-order valence-corrected chi connectivity index (χ1v) is 13.6. The Bertz CT molecular complexity index is 1130.